The summed E-state index contributed by atoms with van der Waals surface area (Å²) in [6.45, 7) is 7.71. The minimum Gasteiger partial charge on any atom is -0.484 e. The third-order valence-corrected chi connectivity index (χ3v) is 19.7. The molecular formula is C91H85F3N4O8. The molecule has 11 aromatic rings. The number of rotatable bonds is 10. The van der Waals surface area contributed by atoms with Crippen LogP contribution in [0.25, 0.3) is 21.5 Å². The Morgan fingerprint density at radius 3 is 1.70 bits per heavy atom. The van der Waals surface area contributed by atoms with Gasteiger partial charge in [0.15, 0.2) is 17.7 Å². The van der Waals surface area contributed by atoms with Crippen LogP contribution in [0.15, 0.2) is 303 Å². The molecule has 106 heavy (non-hydrogen) atoms. The summed E-state index contributed by atoms with van der Waals surface area (Å²) in [7, 11) is 0. The number of ketones is 3. The highest BCUT2D eigenvalue weighted by Gasteiger charge is 2.48. The molecule has 17 rings (SSSR count). The van der Waals surface area contributed by atoms with E-state index in [4.69, 9.17) is 4.74 Å². The zero-order chi connectivity index (χ0) is 74.1. The number of hydrogen-bond donors (Lipinski definition) is 4. The number of nitrogens with one attached hydrogen (secondary N) is 2. The van der Waals surface area contributed by atoms with Gasteiger partial charge in [0.05, 0.1) is 30.5 Å². The summed E-state index contributed by atoms with van der Waals surface area (Å²) < 4.78 is 44.7. The van der Waals surface area contributed by atoms with Crippen molar-refractivity contribution in [2.45, 2.75) is 95.4 Å². The molecule has 3 fully saturated rings. The number of aliphatic hydroxyl groups is 2. The van der Waals surface area contributed by atoms with Crippen molar-refractivity contribution in [2.75, 3.05) is 28.7 Å². The van der Waals surface area contributed by atoms with Crippen molar-refractivity contribution in [3.05, 3.63) is 347 Å². The highest BCUT2D eigenvalue weighted by atomic mass is 19.4. The smallest absolute Gasteiger partial charge is 0.418 e. The Morgan fingerprint density at radius 2 is 1.11 bits per heavy atom. The zero-order valence-corrected chi connectivity index (χ0v) is 59.1. The number of alkyl halides is 3. The molecule has 2 amide bonds. The monoisotopic (exact) mass is 1420 g/mol. The number of hydrogen-bond acceptors (Lipinski definition) is 10. The zero-order valence-electron chi connectivity index (χ0n) is 59.1. The average Bonchev–Trinajstić information content (AvgIpc) is 0.909. The Hall–Kier alpha value is -11.4. The summed E-state index contributed by atoms with van der Waals surface area (Å²) in [5, 5.41) is 27.5. The van der Waals surface area contributed by atoms with Gasteiger partial charge in [-0.2, -0.15) is 13.2 Å². The van der Waals surface area contributed by atoms with E-state index in [9.17, 15) is 47.4 Å². The van der Waals surface area contributed by atoms with Gasteiger partial charge in [-0.25, -0.2) is 0 Å². The third kappa shape index (κ3) is 18.9. The van der Waals surface area contributed by atoms with Crippen LogP contribution in [0, 0.1) is 24.7 Å². The van der Waals surface area contributed by atoms with Gasteiger partial charge in [0.25, 0.3) is 0 Å². The lowest BCUT2D eigenvalue weighted by Gasteiger charge is -2.50. The molecule has 3 aliphatic carbocycles. The number of Topliss-reactive ketones (excluding diaryl/α,β-unsaturated/α-hetero) is 3. The fourth-order valence-corrected chi connectivity index (χ4v) is 14.3. The molecule has 4 N–H and O–H groups in total. The van der Waals surface area contributed by atoms with Crippen molar-refractivity contribution in [1.82, 2.24) is 4.90 Å². The standard InChI is InChI=1S/C17H16N2O2.C17H20N2.C16H11F3O.C15H12O2.C14H12O2.C12H14O/c20-16(18-12-7-3-1-4-8-12)14-11-15(14)17(21)19-13-9-5-2-6-10-13;1-12-3-5-16-14(7-12)9-18-11-19(16)10-15-8-13(2)4-6-17(15)18;17-16(18,19)15(20)14-12-7-3-1-5-10(12)9-11-6-2-4-8-13(11)14;16-13-10-15(11-6-2-1-3-7-11)17-14-9-5-4-8-12(13)14;15-13(11-7-3-1-4-8-11)14(16)12-9-5-2-6-10-12;13-12-9-5-4-8-11(12)10-6-2-1-3-7-10/h1-10,14-15H,11H2,(H,18,20)(H,19,21);3-8,14,16H,9-11H2,1-2H3;1-9,15,20H;1-9,15H,10H2;1-10,13,15H;1-3,6-7,11H,4-5,8-9H2. The average molecular weight is 1420 g/mol. The van der Waals surface area contributed by atoms with Crippen LogP contribution in [0.5, 0.6) is 5.75 Å². The Bertz CT molecular complexity index is 4780. The number of anilines is 3. The quantitative estimate of drug-likeness (QED) is 0.0765. The number of benzene rings is 11. The molecule has 3 aliphatic heterocycles. The maximum absolute atomic E-state index is 12.9. The molecule has 0 aromatic heterocycles. The first kappa shape index (κ1) is 74.4. The molecule has 0 spiro atoms. The molecule has 6 aliphatic rings. The number of amides is 2. The fraction of sp³-hybridized carbons (Fsp3) is 0.220. The maximum Gasteiger partial charge on any atom is 0.418 e. The van der Waals surface area contributed by atoms with E-state index < -0.39 is 18.4 Å². The number of carbonyl (C=O) groups is 5. The van der Waals surface area contributed by atoms with Gasteiger partial charge in [-0.1, -0.05) is 266 Å². The molecule has 9 atom stereocenters. The van der Waals surface area contributed by atoms with Crippen molar-refractivity contribution < 1.29 is 52.1 Å². The number of ether oxygens (including phenoxy) is 1. The topological polar surface area (TPSA) is 166 Å². The molecule has 12 nitrogen and oxygen atoms in total. The van der Waals surface area contributed by atoms with Crippen LogP contribution in [-0.2, 0) is 20.9 Å². The van der Waals surface area contributed by atoms with E-state index in [2.05, 4.69) is 82.8 Å². The minimum absolute atomic E-state index is 0.0776. The summed E-state index contributed by atoms with van der Waals surface area (Å²) in [5.74, 6) is 1.21. The number of halogens is 3. The molecule has 2 saturated carbocycles. The number of fused-ring (bicyclic) bond motifs is 9. The number of aryl methyl sites for hydroxylation is 1. The second kappa shape index (κ2) is 34.9. The van der Waals surface area contributed by atoms with Crippen LogP contribution in [0.3, 0.4) is 0 Å². The van der Waals surface area contributed by atoms with Crippen LogP contribution in [0.4, 0.5) is 30.2 Å². The van der Waals surface area contributed by atoms with E-state index in [1.54, 1.807) is 97.1 Å². The van der Waals surface area contributed by atoms with Crippen molar-refractivity contribution >= 4 is 67.8 Å². The number of carbonyl (C=O) groups excluding carboxylic acids is 5. The number of aliphatic hydroxyl groups excluding tert-OH is 2. The van der Waals surface area contributed by atoms with Crippen LogP contribution < -0.4 is 20.3 Å². The Balaban J connectivity index is 0.000000120. The van der Waals surface area contributed by atoms with E-state index in [1.807, 2.05) is 152 Å². The SMILES string of the molecule is CC1=CC2CN3CN(Cc4cc(C)ccc43)C2C=C1.O=C(Nc1ccccc1)C1CC1C(=O)Nc1ccccc1.O=C(c1ccccc1)C(O)c1ccccc1.O=C1CC(c2ccccc2)Oc2ccccc21.O=C1CCCCC1c1ccccc1.OC(c1c2ccccc2cc2ccccc12)C(F)(F)F. The minimum atomic E-state index is -4.69. The van der Waals surface area contributed by atoms with Crippen molar-refractivity contribution in [3.8, 4) is 5.75 Å². The molecule has 15 heteroatoms. The highest BCUT2D eigenvalue weighted by Crippen LogP contribution is 2.43. The summed E-state index contributed by atoms with van der Waals surface area (Å²) >= 11 is 0. The van der Waals surface area contributed by atoms with Gasteiger partial charge in [-0.15, -0.1) is 0 Å². The highest BCUT2D eigenvalue weighted by molar-refractivity contribution is 6.04. The van der Waals surface area contributed by atoms with Gasteiger partial charge >= 0.3 is 6.18 Å². The van der Waals surface area contributed by atoms with Crippen molar-refractivity contribution in [3.63, 3.8) is 0 Å². The summed E-state index contributed by atoms with van der Waals surface area (Å²) in [4.78, 5) is 64.7. The Labute approximate surface area is 616 Å². The molecule has 9 unspecified atom stereocenters. The molecule has 0 radical (unpaired) electrons. The number of para-hydroxylation sites is 3. The molecule has 538 valence electrons. The van der Waals surface area contributed by atoms with Gasteiger partial charge in [0.2, 0.25) is 11.8 Å². The first-order chi connectivity index (χ1) is 51.4. The van der Waals surface area contributed by atoms with E-state index in [0.717, 1.165) is 56.0 Å². The van der Waals surface area contributed by atoms with Crippen LogP contribution in [0.2, 0.25) is 0 Å². The Kier molecular flexibility index (Phi) is 24.5. The summed E-state index contributed by atoms with van der Waals surface area (Å²) in [6, 6.07) is 86.6. The third-order valence-electron chi connectivity index (χ3n) is 19.7. The molecule has 1 saturated heterocycles. The van der Waals surface area contributed by atoms with Crippen LogP contribution >= 0.6 is 0 Å². The normalized spacial score (nSPS) is 19.7. The van der Waals surface area contributed by atoms with E-state index in [-0.39, 0.29) is 52.8 Å². The van der Waals surface area contributed by atoms with Gasteiger partial charge in [0.1, 0.15) is 23.7 Å². The Morgan fingerprint density at radius 1 is 0.585 bits per heavy atom. The number of nitrogens with zero attached hydrogens (tertiary/aromatic N) is 2. The van der Waals surface area contributed by atoms with Crippen molar-refractivity contribution in [1.29, 1.82) is 0 Å². The first-order valence-corrected chi connectivity index (χ1v) is 36.0. The lowest BCUT2D eigenvalue weighted by atomic mass is 9.83. The van der Waals surface area contributed by atoms with Crippen LogP contribution in [-0.4, -0.2) is 69.7 Å². The maximum atomic E-state index is 12.9. The van der Waals surface area contributed by atoms with Gasteiger partial charge in [0, 0.05) is 65.6 Å². The van der Waals surface area contributed by atoms with Gasteiger partial charge in [-0.05, 0) is 125 Å². The van der Waals surface area contributed by atoms with E-state index in [1.165, 1.54) is 34.4 Å². The lowest BCUT2D eigenvalue weighted by Crippen LogP contribution is -2.57. The van der Waals surface area contributed by atoms with Crippen molar-refractivity contribution in [2.24, 2.45) is 17.8 Å². The second-order valence-electron chi connectivity index (χ2n) is 27.4. The largest absolute Gasteiger partial charge is 0.484 e. The first-order valence-electron chi connectivity index (χ1n) is 36.0. The second-order valence-corrected chi connectivity index (χ2v) is 27.4. The fourth-order valence-electron chi connectivity index (χ4n) is 14.3. The lowest BCUT2D eigenvalue weighted by molar-refractivity contribution is -0.206. The molecule has 3 heterocycles. The molecular weight excluding hydrogens is 1330 g/mol. The summed E-state index contributed by atoms with van der Waals surface area (Å²) in [5.41, 5.74) is 11.3. The van der Waals surface area contributed by atoms with Crippen LogP contribution in [0.1, 0.15) is 124 Å². The van der Waals surface area contributed by atoms with Gasteiger partial charge < -0.3 is 30.5 Å². The van der Waals surface area contributed by atoms with Gasteiger partial charge in [-0.3, -0.25) is 28.9 Å². The predicted molar refractivity (Wildman–Crippen MR) is 413 cm³/mol. The van der Waals surface area contributed by atoms with E-state index in [0.29, 0.717) is 74.6 Å². The number of allylic oxidation sites excluding steroid dienone is 2. The van der Waals surface area contributed by atoms with E-state index >= 15 is 0 Å². The molecule has 2 bridgehead atoms. The summed E-state index contributed by atoms with van der Waals surface area (Å²) in [6.07, 6.45) is 3.85. The predicted octanol–water partition coefficient (Wildman–Crippen LogP) is 19.5. The molecule has 11 aromatic carbocycles.